The summed E-state index contributed by atoms with van der Waals surface area (Å²) in [5, 5.41) is 2.65. The standard InChI is InChI=1S/C13H20N2O2.ClH/c1-13(2,3)17-12(16)15-9-11(14)10-7-5-4-6-8-10;/h4-8,11H,9,14H2,1-3H3,(H,15,16);1H. The molecule has 18 heavy (non-hydrogen) atoms. The van der Waals surface area contributed by atoms with E-state index in [9.17, 15) is 4.79 Å². The topological polar surface area (TPSA) is 64.3 Å². The van der Waals surface area contributed by atoms with Crippen LogP contribution in [-0.4, -0.2) is 18.2 Å². The minimum Gasteiger partial charge on any atom is -0.444 e. The van der Waals surface area contributed by atoms with E-state index in [0.717, 1.165) is 5.56 Å². The van der Waals surface area contributed by atoms with Crippen LogP contribution in [0.4, 0.5) is 4.79 Å². The summed E-state index contributed by atoms with van der Waals surface area (Å²) in [6, 6.07) is 9.41. The molecular weight excluding hydrogens is 252 g/mol. The molecule has 0 aliphatic carbocycles. The van der Waals surface area contributed by atoms with Crippen LogP contribution in [0.2, 0.25) is 0 Å². The van der Waals surface area contributed by atoms with Crippen molar-refractivity contribution in [1.29, 1.82) is 0 Å². The van der Waals surface area contributed by atoms with E-state index in [1.165, 1.54) is 0 Å². The lowest BCUT2D eigenvalue weighted by Gasteiger charge is -2.20. The maximum atomic E-state index is 11.4. The largest absolute Gasteiger partial charge is 0.444 e. The van der Waals surface area contributed by atoms with E-state index < -0.39 is 11.7 Å². The van der Waals surface area contributed by atoms with Crippen molar-refractivity contribution in [2.75, 3.05) is 6.54 Å². The second kappa shape index (κ2) is 7.24. The van der Waals surface area contributed by atoms with Crippen LogP contribution in [0.25, 0.3) is 0 Å². The second-order valence-corrected chi connectivity index (χ2v) is 4.90. The first-order valence-electron chi connectivity index (χ1n) is 5.66. The summed E-state index contributed by atoms with van der Waals surface area (Å²) in [6.45, 7) is 5.83. The van der Waals surface area contributed by atoms with Crippen LogP contribution >= 0.6 is 12.4 Å². The van der Waals surface area contributed by atoms with E-state index in [1.54, 1.807) is 0 Å². The maximum Gasteiger partial charge on any atom is 0.407 e. The Hall–Kier alpha value is -1.26. The first-order chi connectivity index (χ1) is 7.88. The third-order valence-corrected chi connectivity index (χ3v) is 2.09. The molecule has 1 unspecified atom stereocenters. The molecule has 1 amide bonds. The Morgan fingerprint density at radius 2 is 1.89 bits per heavy atom. The number of hydrogen-bond donors (Lipinski definition) is 2. The van der Waals surface area contributed by atoms with Gasteiger partial charge in [0.05, 0.1) is 0 Å². The van der Waals surface area contributed by atoms with Crippen LogP contribution in [0.3, 0.4) is 0 Å². The predicted molar refractivity (Wildman–Crippen MR) is 74.9 cm³/mol. The van der Waals surface area contributed by atoms with Gasteiger partial charge in [0.15, 0.2) is 0 Å². The summed E-state index contributed by atoms with van der Waals surface area (Å²) in [5.74, 6) is 0. The van der Waals surface area contributed by atoms with Crippen molar-refractivity contribution in [3.63, 3.8) is 0 Å². The molecule has 4 nitrogen and oxygen atoms in total. The highest BCUT2D eigenvalue weighted by molar-refractivity contribution is 5.85. The molecule has 0 saturated heterocycles. The van der Waals surface area contributed by atoms with E-state index >= 15 is 0 Å². The number of nitrogens with two attached hydrogens (primary N) is 1. The fraction of sp³-hybridized carbons (Fsp3) is 0.462. The molecule has 0 spiro atoms. The SMILES string of the molecule is CC(C)(C)OC(=O)NCC(N)c1ccccc1.Cl. The van der Waals surface area contributed by atoms with Gasteiger partial charge in [0.25, 0.3) is 0 Å². The smallest absolute Gasteiger partial charge is 0.407 e. The van der Waals surface area contributed by atoms with Gasteiger partial charge in [-0.05, 0) is 26.3 Å². The molecule has 5 heteroatoms. The Balaban J connectivity index is 0.00000289. The van der Waals surface area contributed by atoms with Gasteiger partial charge in [-0.15, -0.1) is 12.4 Å². The van der Waals surface area contributed by atoms with Gasteiger partial charge in [0, 0.05) is 12.6 Å². The van der Waals surface area contributed by atoms with E-state index in [1.807, 2.05) is 51.1 Å². The van der Waals surface area contributed by atoms with Gasteiger partial charge in [-0.25, -0.2) is 4.79 Å². The molecule has 102 valence electrons. The van der Waals surface area contributed by atoms with Gasteiger partial charge >= 0.3 is 6.09 Å². The highest BCUT2D eigenvalue weighted by Crippen LogP contribution is 2.09. The lowest BCUT2D eigenvalue weighted by Crippen LogP contribution is -2.36. The van der Waals surface area contributed by atoms with E-state index in [4.69, 9.17) is 10.5 Å². The normalized spacial score (nSPS) is 12.2. The monoisotopic (exact) mass is 272 g/mol. The summed E-state index contributed by atoms with van der Waals surface area (Å²) in [5.41, 5.74) is 6.44. The van der Waals surface area contributed by atoms with Crippen LogP contribution in [0.5, 0.6) is 0 Å². The Morgan fingerprint density at radius 3 is 2.39 bits per heavy atom. The van der Waals surface area contributed by atoms with Gasteiger partial charge in [-0.2, -0.15) is 0 Å². The number of halogens is 1. The Kier molecular flexibility index (Phi) is 6.73. The van der Waals surface area contributed by atoms with Crippen molar-refractivity contribution in [3.8, 4) is 0 Å². The van der Waals surface area contributed by atoms with Crippen LogP contribution < -0.4 is 11.1 Å². The van der Waals surface area contributed by atoms with Crippen LogP contribution in [0.15, 0.2) is 30.3 Å². The zero-order valence-corrected chi connectivity index (χ0v) is 11.8. The molecular formula is C13H21ClN2O2. The lowest BCUT2D eigenvalue weighted by molar-refractivity contribution is 0.0524. The Labute approximate surface area is 114 Å². The first kappa shape index (κ1) is 16.7. The number of nitrogens with one attached hydrogen (secondary N) is 1. The van der Waals surface area contributed by atoms with E-state index in [0.29, 0.717) is 6.54 Å². The summed E-state index contributed by atoms with van der Waals surface area (Å²) in [4.78, 5) is 11.4. The van der Waals surface area contributed by atoms with Gasteiger partial charge in [0.2, 0.25) is 0 Å². The van der Waals surface area contributed by atoms with Crippen molar-refractivity contribution >= 4 is 18.5 Å². The minimum atomic E-state index is -0.485. The van der Waals surface area contributed by atoms with Crippen molar-refractivity contribution in [2.24, 2.45) is 5.73 Å². The summed E-state index contributed by atoms with van der Waals surface area (Å²) in [7, 11) is 0. The number of rotatable bonds is 3. The predicted octanol–water partition coefficient (Wildman–Crippen LogP) is 2.63. The number of carbonyl (C=O) groups is 1. The molecule has 0 saturated carbocycles. The van der Waals surface area contributed by atoms with Gasteiger partial charge in [-0.1, -0.05) is 30.3 Å². The zero-order valence-electron chi connectivity index (χ0n) is 11.0. The second-order valence-electron chi connectivity index (χ2n) is 4.90. The number of carbonyl (C=O) groups excluding carboxylic acids is 1. The quantitative estimate of drug-likeness (QED) is 0.889. The lowest BCUT2D eigenvalue weighted by atomic mass is 10.1. The molecule has 0 aliphatic rings. The molecule has 0 radical (unpaired) electrons. The average molecular weight is 273 g/mol. The number of ether oxygens (including phenoxy) is 1. The van der Waals surface area contributed by atoms with E-state index in [-0.39, 0.29) is 18.4 Å². The van der Waals surface area contributed by atoms with Gasteiger partial charge in [0.1, 0.15) is 5.60 Å². The molecule has 1 atom stereocenters. The number of benzene rings is 1. The number of alkyl carbamates (subject to hydrolysis) is 1. The fourth-order valence-electron chi connectivity index (χ4n) is 1.33. The molecule has 3 N–H and O–H groups in total. The van der Waals surface area contributed by atoms with Crippen LogP contribution in [0, 0.1) is 0 Å². The zero-order chi connectivity index (χ0) is 12.9. The highest BCUT2D eigenvalue weighted by Gasteiger charge is 2.16. The third kappa shape index (κ3) is 6.47. The molecule has 1 aromatic rings. The maximum absolute atomic E-state index is 11.4. The molecule has 0 bridgehead atoms. The van der Waals surface area contributed by atoms with Crippen molar-refractivity contribution < 1.29 is 9.53 Å². The number of amides is 1. The highest BCUT2D eigenvalue weighted by atomic mass is 35.5. The van der Waals surface area contributed by atoms with Crippen LogP contribution in [0.1, 0.15) is 32.4 Å². The fourth-order valence-corrected chi connectivity index (χ4v) is 1.33. The van der Waals surface area contributed by atoms with Gasteiger partial charge < -0.3 is 15.8 Å². The minimum absolute atomic E-state index is 0. The molecule has 0 fully saturated rings. The van der Waals surface area contributed by atoms with Crippen LogP contribution in [-0.2, 0) is 4.74 Å². The molecule has 1 aromatic carbocycles. The molecule has 0 heterocycles. The third-order valence-electron chi connectivity index (χ3n) is 2.09. The van der Waals surface area contributed by atoms with Crippen molar-refractivity contribution in [1.82, 2.24) is 5.32 Å². The number of hydrogen-bond acceptors (Lipinski definition) is 3. The molecule has 0 aromatic heterocycles. The summed E-state index contributed by atoms with van der Waals surface area (Å²) < 4.78 is 5.12. The van der Waals surface area contributed by atoms with Gasteiger partial charge in [-0.3, -0.25) is 0 Å². The molecule has 1 rings (SSSR count). The molecule has 0 aliphatic heterocycles. The summed E-state index contributed by atoms with van der Waals surface area (Å²) in [6.07, 6.45) is -0.441. The van der Waals surface area contributed by atoms with Crippen molar-refractivity contribution in [2.45, 2.75) is 32.4 Å². The van der Waals surface area contributed by atoms with E-state index in [2.05, 4.69) is 5.32 Å². The summed E-state index contributed by atoms with van der Waals surface area (Å²) >= 11 is 0. The average Bonchev–Trinajstić information content (AvgIpc) is 2.25. The van der Waals surface area contributed by atoms with Crippen molar-refractivity contribution in [3.05, 3.63) is 35.9 Å². The Morgan fingerprint density at radius 1 is 1.33 bits per heavy atom. The first-order valence-corrected chi connectivity index (χ1v) is 5.66. The Bertz CT molecular complexity index is 363.